The molecule has 0 unspecified atom stereocenters. The molecule has 2 saturated carbocycles. The Morgan fingerprint density at radius 2 is 1.57 bits per heavy atom. The fourth-order valence-corrected chi connectivity index (χ4v) is 6.18. The number of aliphatic hydroxyl groups is 1. The number of pyridine rings is 1. The lowest BCUT2D eigenvalue weighted by Crippen LogP contribution is -2.60. The molecule has 9 nitrogen and oxygen atoms in total. The molecule has 9 heteroatoms. The van der Waals surface area contributed by atoms with E-state index in [1.807, 2.05) is 46.9 Å². The van der Waals surface area contributed by atoms with E-state index in [0.717, 1.165) is 40.9 Å². The van der Waals surface area contributed by atoms with Crippen molar-refractivity contribution in [3.63, 3.8) is 0 Å². The van der Waals surface area contributed by atoms with E-state index in [9.17, 15) is 5.11 Å². The smallest absolute Gasteiger partial charge is 0.190 e. The van der Waals surface area contributed by atoms with E-state index in [0.29, 0.717) is 47.1 Å². The molecule has 6 aromatic rings. The molecule has 0 spiro atoms. The van der Waals surface area contributed by atoms with Gasteiger partial charge in [0.1, 0.15) is 11.2 Å². The van der Waals surface area contributed by atoms with Gasteiger partial charge in [-0.05, 0) is 49.3 Å². The van der Waals surface area contributed by atoms with Crippen LogP contribution in [0.15, 0.2) is 85.3 Å². The van der Waals surface area contributed by atoms with Gasteiger partial charge in [-0.25, -0.2) is 15.0 Å². The second-order valence-corrected chi connectivity index (χ2v) is 11.1. The molecule has 3 N–H and O–H groups in total. The molecule has 2 aliphatic carbocycles. The van der Waals surface area contributed by atoms with Gasteiger partial charge in [0.25, 0.3) is 0 Å². The van der Waals surface area contributed by atoms with Gasteiger partial charge in [-0.2, -0.15) is 0 Å². The van der Waals surface area contributed by atoms with Gasteiger partial charge in [-0.1, -0.05) is 54.6 Å². The third kappa shape index (κ3) is 3.62. The van der Waals surface area contributed by atoms with E-state index in [2.05, 4.69) is 44.4 Å². The highest BCUT2D eigenvalue weighted by molar-refractivity contribution is 5.86. The van der Waals surface area contributed by atoms with Crippen LogP contribution in [-0.4, -0.2) is 45.2 Å². The Morgan fingerprint density at radius 1 is 0.825 bits per heavy atom. The lowest BCUT2D eigenvalue weighted by molar-refractivity contribution is -0.106. The van der Waals surface area contributed by atoms with E-state index in [4.69, 9.17) is 15.7 Å². The zero-order valence-corrected chi connectivity index (χ0v) is 21.6. The maximum atomic E-state index is 10.9. The molecule has 2 fully saturated rings. The monoisotopic (exact) mass is 526 g/mol. The predicted molar refractivity (Wildman–Crippen MR) is 151 cm³/mol. The van der Waals surface area contributed by atoms with Crippen LogP contribution in [0.25, 0.3) is 50.8 Å². The van der Waals surface area contributed by atoms with Crippen LogP contribution in [0, 0.1) is 5.92 Å². The minimum absolute atomic E-state index is 0.413. The van der Waals surface area contributed by atoms with Crippen molar-refractivity contribution in [2.24, 2.45) is 11.7 Å². The quantitative estimate of drug-likeness (QED) is 0.335. The average Bonchev–Trinajstić information content (AvgIpc) is 3.76. The second kappa shape index (κ2) is 8.45. The summed E-state index contributed by atoms with van der Waals surface area (Å²) in [5.41, 5.74) is 12.7. The van der Waals surface area contributed by atoms with Crippen molar-refractivity contribution >= 4 is 16.8 Å². The molecule has 4 aromatic heterocycles. The Kier molecular flexibility index (Phi) is 4.92. The first-order valence-electron chi connectivity index (χ1n) is 13.5. The molecule has 2 aromatic carbocycles. The number of hydrogen-bond acceptors (Lipinski definition) is 8. The number of nitrogens with two attached hydrogens (primary N) is 1. The SMILES string of the molecule is N[C@]1(c2ccc(-c3nc4ccc5nnc(-c6cnccn6)n5c4nc3-c3ccccc3)cc2)C[C@](O)(C2CC2)C1. The largest absolute Gasteiger partial charge is 0.389 e. The third-order valence-electron chi connectivity index (χ3n) is 8.35. The van der Waals surface area contributed by atoms with Crippen LogP contribution in [0.4, 0.5) is 0 Å². The summed E-state index contributed by atoms with van der Waals surface area (Å²) in [4.78, 5) is 18.9. The van der Waals surface area contributed by atoms with Gasteiger partial charge in [-0.3, -0.25) is 9.38 Å². The number of rotatable bonds is 5. The summed E-state index contributed by atoms with van der Waals surface area (Å²) >= 11 is 0. The third-order valence-corrected chi connectivity index (χ3v) is 8.35. The molecule has 4 heterocycles. The molecule has 0 saturated heterocycles. The first kappa shape index (κ1) is 23.3. The van der Waals surface area contributed by atoms with Crippen LogP contribution < -0.4 is 5.73 Å². The Labute approximate surface area is 229 Å². The van der Waals surface area contributed by atoms with Crippen molar-refractivity contribution in [3.8, 4) is 34.0 Å². The molecule has 0 radical (unpaired) electrons. The van der Waals surface area contributed by atoms with Crippen molar-refractivity contribution in [2.75, 3.05) is 0 Å². The minimum Gasteiger partial charge on any atom is -0.389 e. The van der Waals surface area contributed by atoms with Crippen molar-refractivity contribution in [1.82, 2.24) is 34.5 Å². The van der Waals surface area contributed by atoms with E-state index in [-0.39, 0.29) is 0 Å². The Hall–Kier alpha value is -4.60. The van der Waals surface area contributed by atoms with E-state index >= 15 is 0 Å². The maximum absolute atomic E-state index is 10.9. The Bertz CT molecular complexity index is 1880. The van der Waals surface area contributed by atoms with Gasteiger partial charge in [0.15, 0.2) is 17.1 Å². The minimum atomic E-state index is -0.602. The number of aromatic nitrogens is 7. The van der Waals surface area contributed by atoms with Crippen LogP contribution in [0.2, 0.25) is 0 Å². The molecule has 8 rings (SSSR count). The Balaban J connectivity index is 1.27. The molecule has 2 aliphatic rings. The number of fused-ring (bicyclic) bond motifs is 3. The predicted octanol–water partition coefficient (Wildman–Crippen LogP) is 4.55. The summed E-state index contributed by atoms with van der Waals surface area (Å²) in [5, 5.41) is 19.6. The van der Waals surface area contributed by atoms with Crippen molar-refractivity contribution in [3.05, 3.63) is 90.9 Å². The van der Waals surface area contributed by atoms with Crippen LogP contribution in [-0.2, 0) is 5.54 Å². The molecule has 196 valence electrons. The number of hydrogen-bond donors (Lipinski definition) is 2. The summed E-state index contributed by atoms with van der Waals surface area (Å²) in [5.74, 6) is 0.968. The highest BCUT2D eigenvalue weighted by Crippen LogP contribution is 2.57. The molecule has 40 heavy (non-hydrogen) atoms. The summed E-state index contributed by atoms with van der Waals surface area (Å²) in [6, 6.07) is 22.1. The molecule has 0 atom stereocenters. The van der Waals surface area contributed by atoms with Crippen LogP contribution >= 0.6 is 0 Å². The number of benzene rings is 2. The first-order valence-corrected chi connectivity index (χ1v) is 13.5. The van der Waals surface area contributed by atoms with E-state index < -0.39 is 11.1 Å². The van der Waals surface area contributed by atoms with Crippen LogP contribution in [0.1, 0.15) is 31.2 Å². The Morgan fingerprint density at radius 3 is 2.30 bits per heavy atom. The zero-order chi connectivity index (χ0) is 26.9. The summed E-state index contributed by atoms with van der Waals surface area (Å²) in [6.45, 7) is 0. The van der Waals surface area contributed by atoms with Gasteiger partial charge >= 0.3 is 0 Å². The highest BCUT2D eigenvalue weighted by atomic mass is 16.3. The highest BCUT2D eigenvalue weighted by Gasteiger charge is 2.58. The topological polar surface area (TPSA) is 128 Å². The van der Waals surface area contributed by atoms with E-state index in [1.165, 1.54) is 0 Å². The summed E-state index contributed by atoms with van der Waals surface area (Å²) in [7, 11) is 0. The summed E-state index contributed by atoms with van der Waals surface area (Å²) < 4.78 is 1.88. The maximum Gasteiger partial charge on any atom is 0.190 e. The summed E-state index contributed by atoms with van der Waals surface area (Å²) in [6.07, 6.45) is 8.35. The van der Waals surface area contributed by atoms with E-state index in [1.54, 1.807) is 18.6 Å². The van der Waals surface area contributed by atoms with Gasteiger partial charge in [0.2, 0.25) is 0 Å². The fraction of sp³-hybridized carbons (Fsp3) is 0.226. The number of nitrogens with zero attached hydrogens (tertiary/aromatic N) is 7. The molecular weight excluding hydrogens is 500 g/mol. The zero-order valence-electron chi connectivity index (χ0n) is 21.6. The molecule has 0 aliphatic heterocycles. The lowest BCUT2D eigenvalue weighted by atomic mass is 9.60. The molecular formula is C31H26N8O. The average molecular weight is 527 g/mol. The van der Waals surface area contributed by atoms with Gasteiger partial charge in [-0.15, -0.1) is 10.2 Å². The van der Waals surface area contributed by atoms with Gasteiger partial charge in [0.05, 0.1) is 23.2 Å². The normalized spacial score (nSPS) is 22.4. The van der Waals surface area contributed by atoms with Crippen molar-refractivity contribution in [2.45, 2.75) is 36.8 Å². The lowest BCUT2D eigenvalue weighted by Gasteiger charge is -2.52. The second-order valence-electron chi connectivity index (χ2n) is 11.1. The first-order chi connectivity index (χ1) is 19.5. The van der Waals surface area contributed by atoms with Crippen LogP contribution in [0.3, 0.4) is 0 Å². The fourth-order valence-electron chi connectivity index (χ4n) is 6.18. The van der Waals surface area contributed by atoms with Crippen molar-refractivity contribution < 1.29 is 5.11 Å². The molecule has 0 amide bonds. The van der Waals surface area contributed by atoms with Gasteiger partial charge < -0.3 is 10.8 Å². The standard InChI is InChI=1S/C31H26N8O/c32-30(17-31(40,18-30)22-10-11-22)21-8-6-20(7-9-21)26-27(19-4-2-1-3-5-19)36-28-23(35-26)12-13-25-37-38-29(39(25)28)24-16-33-14-15-34-24/h1-9,12-16,22,40H,10-11,17-18,32H2/t30-,31-. The molecule has 0 bridgehead atoms. The van der Waals surface area contributed by atoms with Gasteiger partial charge in [0, 0.05) is 29.1 Å². The van der Waals surface area contributed by atoms with Crippen molar-refractivity contribution in [1.29, 1.82) is 0 Å². The van der Waals surface area contributed by atoms with Crippen LogP contribution in [0.5, 0.6) is 0 Å².